The van der Waals surface area contributed by atoms with Gasteiger partial charge in [-0.25, -0.2) is 15.0 Å². The topological polar surface area (TPSA) is 51.6 Å². The predicted octanol–water partition coefficient (Wildman–Crippen LogP) is 8.04. The van der Waals surface area contributed by atoms with Crippen LogP contribution in [-0.2, 0) is 0 Å². The summed E-state index contributed by atoms with van der Waals surface area (Å²) in [5.74, 6) is 3.57. The van der Waals surface area contributed by atoms with Crippen LogP contribution in [0.4, 0.5) is 68.8 Å². The van der Waals surface area contributed by atoms with Crippen molar-refractivity contribution in [3.63, 3.8) is 0 Å². The van der Waals surface area contributed by atoms with Gasteiger partial charge in [0.15, 0.2) is 0 Å². The molecule has 13 rings (SSSR count). The summed E-state index contributed by atoms with van der Waals surface area (Å²) in [7, 11) is 0. The number of benzene rings is 6. The standard InChI is InChI=1S/C51H33B2N7/c1-5-17-34(18-6-1)57-42-27-14-13-25-38(42)52-40-33-41-50(56-49(40)58(35-19-7-2-8-20-35)44-29-15-28-43(57)46(44)52)59(36-21-9-3-10-22-36)45-30-32-55-51-47(45)53(41)39-26-16-31-54-48(39)60(51)37-23-11-4-12-24-37/h1-33H. The molecule has 0 aliphatic carbocycles. The molecule has 278 valence electrons. The Hall–Kier alpha value is -7.90. The fourth-order valence-electron chi connectivity index (χ4n) is 10.2. The van der Waals surface area contributed by atoms with Crippen LogP contribution >= 0.6 is 0 Å². The van der Waals surface area contributed by atoms with Gasteiger partial charge >= 0.3 is 0 Å². The number of hydrogen-bond acceptors (Lipinski definition) is 7. The summed E-state index contributed by atoms with van der Waals surface area (Å²) in [6, 6.07) is 67.1. The van der Waals surface area contributed by atoms with Crippen LogP contribution in [0.25, 0.3) is 0 Å². The van der Waals surface area contributed by atoms with E-state index in [0.717, 1.165) is 79.2 Å². The third-order valence-corrected chi connectivity index (χ3v) is 12.5. The molecule has 0 spiro atoms. The van der Waals surface area contributed by atoms with E-state index in [1.165, 1.54) is 22.3 Å². The van der Waals surface area contributed by atoms with Gasteiger partial charge in [-0.1, -0.05) is 109 Å². The minimum absolute atomic E-state index is 0.0853. The van der Waals surface area contributed by atoms with Gasteiger partial charge in [0.25, 0.3) is 13.4 Å². The van der Waals surface area contributed by atoms with Crippen LogP contribution < -0.4 is 52.4 Å². The molecule has 0 saturated carbocycles. The second-order valence-electron chi connectivity index (χ2n) is 15.6. The Morgan fingerprint density at radius 3 is 1.40 bits per heavy atom. The second-order valence-corrected chi connectivity index (χ2v) is 15.6. The van der Waals surface area contributed by atoms with Crippen LogP contribution in [0, 0.1) is 0 Å². The molecule has 7 heterocycles. The Morgan fingerprint density at radius 2 is 0.767 bits per heavy atom. The van der Waals surface area contributed by atoms with Crippen LogP contribution in [0.15, 0.2) is 200 Å². The van der Waals surface area contributed by atoms with Crippen LogP contribution in [-0.4, -0.2) is 28.4 Å². The van der Waals surface area contributed by atoms with Gasteiger partial charge in [-0.15, -0.1) is 0 Å². The van der Waals surface area contributed by atoms with Gasteiger partial charge in [-0.3, -0.25) is 14.7 Å². The Bertz CT molecular complexity index is 2940. The van der Waals surface area contributed by atoms with Crippen molar-refractivity contribution < 1.29 is 0 Å². The first-order chi connectivity index (χ1) is 29.8. The molecule has 7 nitrogen and oxygen atoms in total. The zero-order chi connectivity index (χ0) is 39.3. The highest BCUT2D eigenvalue weighted by atomic mass is 15.3. The minimum Gasteiger partial charge on any atom is -0.311 e. The average molecular weight is 765 g/mol. The Kier molecular flexibility index (Phi) is 7.06. The summed E-state index contributed by atoms with van der Waals surface area (Å²) < 4.78 is 0. The lowest BCUT2D eigenvalue weighted by Crippen LogP contribution is -2.66. The molecule has 0 amide bonds. The van der Waals surface area contributed by atoms with Crippen molar-refractivity contribution in [1.29, 1.82) is 0 Å². The summed E-state index contributed by atoms with van der Waals surface area (Å²) >= 11 is 0. The average Bonchev–Trinajstić information content (AvgIpc) is 3.32. The summed E-state index contributed by atoms with van der Waals surface area (Å²) in [6.45, 7) is -0.264. The number of para-hydroxylation sites is 5. The SMILES string of the molecule is c1ccc(N2c3ccccc3B3c4cc5c(nc4N(c4ccccc4)c4cccc2c43)N(c2ccccc2)c2ccnc3c2B5c2cccnc2N3c2ccccc2)cc1. The van der Waals surface area contributed by atoms with Crippen molar-refractivity contribution >= 4 is 115 Å². The van der Waals surface area contributed by atoms with Gasteiger partial charge in [0.2, 0.25) is 0 Å². The summed E-state index contributed by atoms with van der Waals surface area (Å²) in [6.07, 6.45) is 3.82. The Labute approximate surface area is 348 Å². The minimum atomic E-state index is -0.179. The number of fused-ring (bicyclic) bond motifs is 8. The number of nitrogens with zero attached hydrogens (tertiary/aromatic N) is 7. The van der Waals surface area contributed by atoms with E-state index in [1.807, 2.05) is 12.4 Å². The normalized spacial score (nSPS) is 13.8. The molecule has 9 heteroatoms. The van der Waals surface area contributed by atoms with Gasteiger partial charge in [0.1, 0.15) is 23.3 Å². The van der Waals surface area contributed by atoms with E-state index in [2.05, 4.69) is 208 Å². The molecule has 0 atom stereocenters. The summed E-state index contributed by atoms with van der Waals surface area (Å²) in [5, 5.41) is 0. The smallest absolute Gasteiger partial charge is 0.258 e. The van der Waals surface area contributed by atoms with Crippen LogP contribution in [0.2, 0.25) is 0 Å². The predicted molar refractivity (Wildman–Crippen MR) is 248 cm³/mol. The zero-order valence-corrected chi connectivity index (χ0v) is 32.3. The maximum Gasteiger partial charge on any atom is 0.258 e. The van der Waals surface area contributed by atoms with E-state index in [0.29, 0.717) is 0 Å². The lowest BCUT2D eigenvalue weighted by molar-refractivity contribution is 1.11. The monoisotopic (exact) mass is 765 g/mol. The molecule has 0 radical (unpaired) electrons. The van der Waals surface area contributed by atoms with Crippen molar-refractivity contribution in [2.75, 3.05) is 19.6 Å². The maximum absolute atomic E-state index is 5.96. The van der Waals surface area contributed by atoms with E-state index < -0.39 is 0 Å². The van der Waals surface area contributed by atoms with Gasteiger partial charge in [-0.2, -0.15) is 0 Å². The molecule has 0 bridgehead atoms. The molecular formula is C51H33B2N7. The summed E-state index contributed by atoms with van der Waals surface area (Å²) in [4.78, 5) is 25.6. The highest BCUT2D eigenvalue weighted by Crippen LogP contribution is 2.46. The molecule has 9 aromatic rings. The molecule has 60 heavy (non-hydrogen) atoms. The van der Waals surface area contributed by atoms with Crippen molar-refractivity contribution in [2.45, 2.75) is 0 Å². The first kappa shape index (κ1) is 33.1. The number of pyridine rings is 3. The molecule has 3 aromatic heterocycles. The second kappa shape index (κ2) is 12.8. The van der Waals surface area contributed by atoms with Crippen LogP contribution in [0.5, 0.6) is 0 Å². The molecule has 0 N–H and O–H groups in total. The summed E-state index contributed by atoms with van der Waals surface area (Å²) in [5.41, 5.74) is 15.8. The fourth-order valence-corrected chi connectivity index (χ4v) is 10.2. The molecule has 0 unspecified atom stereocenters. The molecule has 6 aromatic carbocycles. The Balaban J connectivity index is 1.14. The highest BCUT2D eigenvalue weighted by molar-refractivity contribution is 7.03. The number of anilines is 12. The molecular weight excluding hydrogens is 732 g/mol. The first-order valence-electron chi connectivity index (χ1n) is 20.4. The highest BCUT2D eigenvalue weighted by Gasteiger charge is 2.49. The van der Waals surface area contributed by atoms with E-state index >= 15 is 0 Å². The van der Waals surface area contributed by atoms with E-state index in [1.54, 1.807) is 0 Å². The van der Waals surface area contributed by atoms with Crippen LogP contribution in [0.3, 0.4) is 0 Å². The first-order valence-corrected chi connectivity index (χ1v) is 20.4. The molecule has 4 aliphatic heterocycles. The van der Waals surface area contributed by atoms with Gasteiger partial charge in [-0.05, 0) is 112 Å². The van der Waals surface area contributed by atoms with Crippen molar-refractivity contribution in [3.8, 4) is 0 Å². The van der Waals surface area contributed by atoms with Crippen molar-refractivity contribution in [2.24, 2.45) is 0 Å². The lowest BCUT2D eigenvalue weighted by atomic mass is 9.31. The van der Waals surface area contributed by atoms with Crippen LogP contribution in [0.1, 0.15) is 0 Å². The van der Waals surface area contributed by atoms with E-state index in [9.17, 15) is 0 Å². The van der Waals surface area contributed by atoms with Crippen molar-refractivity contribution in [1.82, 2.24) is 15.0 Å². The number of hydrogen-bond donors (Lipinski definition) is 0. The molecule has 4 aliphatic rings. The fraction of sp³-hybridized carbons (Fsp3) is 0. The largest absolute Gasteiger partial charge is 0.311 e. The Morgan fingerprint density at radius 1 is 0.300 bits per heavy atom. The third kappa shape index (κ3) is 4.60. The van der Waals surface area contributed by atoms with Gasteiger partial charge in [0, 0.05) is 57.9 Å². The van der Waals surface area contributed by atoms with Gasteiger partial charge in [0.05, 0.1) is 0 Å². The quantitative estimate of drug-likeness (QED) is 0.168. The number of aromatic nitrogens is 3. The van der Waals surface area contributed by atoms with Crippen molar-refractivity contribution in [3.05, 3.63) is 200 Å². The zero-order valence-electron chi connectivity index (χ0n) is 32.3. The molecule has 0 saturated heterocycles. The maximum atomic E-state index is 5.96. The lowest BCUT2D eigenvalue weighted by Gasteiger charge is -2.45. The third-order valence-electron chi connectivity index (χ3n) is 12.5. The van der Waals surface area contributed by atoms with Gasteiger partial charge < -0.3 is 4.90 Å². The van der Waals surface area contributed by atoms with E-state index in [4.69, 9.17) is 15.0 Å². The molecule has 0 fully saturated rings. The van der Waals surface area contributed by atoms with E-state index in [-0.39, 0.29) is 13.4 Å². The number of rotatable bonds is 4.